The zero-order chi connectivity index (χ0) is 28.5. The number of carbonyl (C=O) groups is 2. The summed E-state index contributed by atoms with van der Waals surface area (Å²) in [4.78, 5) is 24.4. The van der Waals surface area contributed by atoms with Crippen molar-refractivity contribution in [3.63, 3.8) is 0 Å². The third kappa shape index (κ3) is 5.57. The molecular weight excluding hydrogens is 492 g/mol. The topological polar surface area (TPSA) is 71.1 Å². The van der Waals surface area contributed by atoms with Crippen molar-refractivity contribution in [3.8, 4) is 11.5 Å². The van der Waals surface area contributed by atoms with Gasteiger partial charge in [0, 0.05) is 33.0 Å². The number of rotatable bonds is 12. The van der Waals surface area contributed by atoms with Crippen LogP contribution in [0.5, 0.6) is 11.5 Å². The Morgan fingerprint density at radius 2 is 1.54 bits per heavy atom. The van der Waals surface area contributed by atoms with Crippen LogP contribution in [0.15, 0.2) is 42.5 Å². The molecule has 210 valence electrons. The van der Waals surface area contributed by atoms with Gasteiger partial charge in [-0.2, -0.15) is 0 Å². The highest BCUT2D eigenvalue weighted by molar-refractivity contribution is 5.99. The predicted molar refractivity (Wildman–Crippen MR) is 154 cm³/mol. The largest absolute Gasteiger partial charge is 0.489 e. The fourth-order valence-corrected chi connectivity index (χ4v) is 5.99. The SMILES string of the molecule is C=C(C)C(=O)OC(CC)COc1c2c(c(OCC(CC)OC(=O)C(=C)C)c3c(C)cccc13)C1CCC2(C)C1. The van der Waals surface area contributed by atoms with Crippen LogP contribution in [0.25, 0.3) is 10.8 Å². The Kier molecular flexibility index (Phi) is 8.43. The molecule has 6 heteroatoms. The van der Waals surface area contributed by atoms with Gasteiger partial charge in [-0.15, -0.1) is 0 Å². The van der Waals surface area contributed by atoms with Gasteiger partial charge in [0.1, 0.15) is 36.9 Å². The van der Waals surface area contributed by atoms with E-state index in [2.05, 4.69) is 39.1 Å². The van der Waals surface area contributed by atoms with Crippen LogP contribution in [-0.4, -0.2) is 37.4 Å². The van der Waals surface area contributed by atoms with Crippen molar-refractivity contribution in [2.24, 2.45) is 0 Å². The summed E-state index contributed by atoms with van der Waals surface area (Å²) < 4.78 is 24.5. The average molecular weight is 535 g/mol. The molecule has 2 aromatic carbocycles. The first kappa shape index (κ1) is 28.7. The number of carbonyl (C=O) groups excluding carboxylic acids is 2. The molecule has 0 radical (unpaired) electrons. The van der Waals surface area contributed by atoms with E-state index in [0.717, 1.165) is 47.1 Å². The van der Waals surface area contributed by atoms with Gasteiger partial charge in [0.25, 0.3) is 0 Å². The number of benzene rings is 2. The Morgan fingerprint density at radius 1 is 0.974 bits per heavy atom. The zero-order valence-electron chi connectivity index (χ0n) is 24.3. The molecule has 0 N–H and O–H groups in total. The summed E-state index contributed by atoms with van der Waals surface area (Å²) in [6.07, 6.45) is 3.78. The first-order valence-corrected chi connectivity index (χ1v) is 14.1. The van der Waals surface area contributed by atoms with Crippen LogP contribution in [0.2, 0.25) is 0 Å². The second kappa shape index (κ2) is 11.4. The molecule has 0 spiro atoms. The van der Waals surface area contributed by atoms with Crippen LogP contribution in [0.3, 0.4) is 0 Å². The molecule has 2 aliphatic rings. The van der Waals surface area contributed by atoms with E-state index >= 15 is 0 Å². The molecule has 0 aromatic heterocycles. The third-order valence-corrected chi connectivity index (χ3v) is 8.22. The van der Waals surface area contributed by atoms with Gasteiger partial charge in [0.2, 0.25) is 0 Å². The maximum absolute atomic E-state index is 12.2. The summed E-state index contributed by atoms with van der Waals surface area (Å²) in [7, 11) is 0. The lowest BCUT2D eigenvalue weighted by Gasteiger charge is -2.31. The number of hydrogen-bond donors (Lipinski definition) is 0. The number of ether oxygens (including phenoxy) is 4. The fraction of sp³-hybridized carbons (Fsp3) is 0.515. The molecular formula is C33H42O6. The third-order valence-electron chi connectivity index (χ3n) is 8.22. The van der Waals surface area contributed by atoms with E-state index in [1.54, 1.807) is 13.8 Å². The molecule has 0 saturated heterocycles. The van der Waals surface area contributed by atoms with Gasteiger partial charge in [-0.05, 0) is 69.8 Å². The van der Waals surface area contributed by atoms with Gasteiger partial charge >= 0.3 is 11.9 Å². The first-order valence-electron chi connectivity index (χ1n) is 14.1. The minimum absolute atomic E-state index is 0.0158. The van der Waals surface area contributed by atoms with Crippen molar-refractivity contribution in [1.82, 2.24) is 0 Å². The van der Waals surface area contributed by atoms with Crippen molar-refractivity contribution >= 4 is 22.7 Å². The van der Waals surface area contributed by atoms with E-state index in [0.29, 0.717) is 29.9 Å². The smallest absolute Gasteiger partial charge is 0.333 e. The maximum Gasteiger partial charge on any atom is 0.333 e. The number of fused-ring (bicyclic) bond motifs is 6. The van der Waals surface area contributed by atoms with E-state index in [1.165, 1.54) is 11.1 Å². The highest BCUT2D eigenvalue weighted by Crippen LogP contribution is 2.64. The lowest BCUT2D eigenvalue weighted by molar-refractivity contribution is -0.146. The number of hydrogen-bond acceptors (Lipinski definition) is 6. The molecule has 6 nitrogen and oxygen atoms in total. The van der Waals surface area contributed by atoms with Crippen molar-refractivity contribution in [3.05, 3.63) is 59.2 Å². The van der Waals surface area contributed by atoms with Crippen LogP contribution < -0.4 is 9.47 Å². The van der Waals surface area contributed by atoms with Gasteiger partial charge in [0.05, 0.1) is 0 Å². The summed E-state index contributed by atoms with van der Waals surface area (Å²) in [6, 6.07) is 6.21. The van der Waals surface area contributed by atoms with E-state index in [-0.39, 0.29) is 30.8 Å². The van der Waals surface area contributed by atoms with Crippen LogP contribution in [0.1, 0.15) is 89.3 Å². The molecule has 4 atom stereocenters. The molecule has 2 bridgehead atoms. The molecule has 4 rings (SSSR count). The summed E-state index contributed by atoms with van der Waals surface area (Å²) in [5.41, 5.74) is 4.25. The van der Waals surface area contributed by atoms with E-state index in [4.69, 9.17) is 18.9 Å². The Hall–Kier alpha value is -3.28. The van der Waals surface area contributed by atoms with Crippen molar-refractivity contribution in [1.29, 1.82) is 0 Å². The highest BCUT2D eigenvalue weighted by Gasteiger charge is 2.50. The second-order valence-electron chi connectivity index (χ2n) is 11.5. The highest BCUT2D eigenvalue weighted by atomic mass is 16.6. The van der Waals surface area contributed by atoms with Crippen LogP contribution in [-0.2, 0) is 24.5 Å². The van der Waals surface area contributed by atoms with E-state index < -0.39 is 11.9 Å². The minimum Gasteiger partial charge on any atom is -0.489 e. The fourth-order valence-electron chi connectivity index (χ4n) is 5.99. The molecule has 2 aromatic rings. The molecule has 4 unspecified atom stereocenters. The Balaban J connectivity index is 1.76. The molecule has 0 heterocycles. The molecule has 1 fully saturated rings. The molecule has 0 aliphatic heterocycles. The number of esters is 2. The van der Waals surface area contributed by atoms with Gasteiger partial charge in [-0.25, -0.2) is 9.59 Å². The van der Waals surface area contributed by atoms with Crippen molar-refractivity contribution in [2.75, 3.05) is 13.2 Å². The van der Waals surface area contributed by atoms with Crippen LogP contribution in [0.4, 0.5) is 0 Å². The minimum atomic E-state index is -0.399. The Labute approximate surface area is 232 Å². The predicted octanol–water partition coefficient (Wildman–Crippen LogP) is 7.24. The standard InChI is InChI=1S/C33H42O6/c1-9-23(38-31(34)19(3)4)17-36-29-25-13-11-12-21(7)26(25)30(27-22-14-15-33(8,16-22)28(27)29)37-18-24(10-2)39-32(35)20(5)6/h11-13,22-24H,3,5,9-10,14-18H2,1-2,4,6-8H3. The van der Waals surface area contributed by atoms with Crippen LogP contribution >= 0.6 is 0 Å². The van der Waals surface area contributed by atoms with Gasteiger partial charge in [0.15, 0.2) is 0 Å². The van der Waals surface area contributed by atoms with Crippen molar-refractivity contribution in [2.45, 2.75) is 97.2 Å². The lowest BCUT2D eigenvalue weighted by atomic mass is 9.78. The monoisotopic (exact) mass is 534 g/mol. The summed E-state index contributed by atoms with van der Waals surface area (Å²) in [6.45, 7) is 19.6. The molecule has 2 aliphatic carbocycles. The molecule has 39 heavy (non-hydrogen) atoms. The van der Waals surface area contributed by atoms with Gasteiger partial charge in [-0.3, -0.25) is 0 Å². The Bertz CT molecular complexity index is 1310. The number of aryl methyl sites for hydroxylation is 1. The lowest BCUT2D eigenvalue weighted by Crippen LogP contribution is -2.27. The van der Waals surface area contributed by atoms with Crippen LogP contribution in [0, 0.1) is 6.92 Å². The van der Waals surface area contributed by atoms with Crippen molar-refractivity contribution < 1.29 is 28.5 Å². The summed E-state index contributed by atoms with van der Waals surface area (Å²) in [5.74, 6) is 1.33. The first-order chi connectivity index (χ1) is 18.5. The summed E-state index contributed by atoms with van der Waals surface area (Å²) in [5, 5.41) is 2.01. The molecule has 1 saturated carbocycles. The maximum atomic E-state index is 12.2. The second-order valence-corrected chi connectivity index (χ2v) is 11.5. The normalized spacial score (nSPS) is 20.7. The van der Waals surface area contributed by atoms with Gasteiger partial charge < -0.3 is 18.9 Å². The quantitative estimate of drug-likeness (QED) is 0.211. The average Bonchev–Trinajstić information content (AvgIpc) is 3.43. The van der Waals surface area contributed by atoms with E-state index in [1.807, 2.05) is 19.9 Å². The Morgan fingerprint density at radius 3 is 2.08 bits per heavy atom. The molecule has 0 amide bonds. The van der Waals surface area contributed by atoms with E-state index in [9.17, 15) is 9.59 Å². The zero-order valence-corrected chi connectivity index (χ0v) is 24.3. The summed E-state index contributed by atoms with van der Waals surface area (Å²) >= 11 is 0. The van der Waals surface area contributed by atoms with Gasteiger partial charge in [-0.1, -0.05) is 52.1 Å².